The maximum atomic E-state index is 14.8. The SMILES string of the molecule is COc1ccc2c(O[C@@H]3C[C@H]4C(=O)N[C@]5(C(=O)NS(=O)(=O)C6(F)CC6)C[C@H]5/C=C\CC[C@@H](C)C[C@@H](C)[C@H](NC(=O)c5ccccc5F)C(=O)N4C3)nccc2c1. The van der Waals surface area contributed by atoms with Crippen LogP contribution in [0.3, 0.4) is 0 Å². The predicted octanol–water partition coefficient (Wildman–Crippen LogP) is 4.32. The number of allylic oxidation sites excluding steroid dienone is 1. The first kappa shape index (κ1) is 39.1. The number of rotatable bonds is 8. The molecule has 2 aliphatic carbocycles. The molecular weight excluding hydrogens is 749 g/mol. The molecule has 2 saturated carbocycles. The molecule has 1 aromatic heterocycles. The van der Waals surface area contributed by atoms with Crippen molar-refractivity contribution in [2.24, 2.45) is 17.8 Å². The van der Waals surface area contributed by atoms with E-state index in [1.54, 1.807) is 37.6 Å². The molecule has 2 aromatic carbocycles. The van der Waals surface area contributed by atoms with Crippen molar-refractivity contribution in [3.05, 3.63) is 78.3 Å². The summed E-state index contributed by atoms with van der Waals surface area (Å²) in [5, 5.41) is 4.37. The number of benzene rings is 2. The maximum absolute atomic E-state index is 14.8. The van der Waals surface area contributed by atoms with Gasteiger partial charge >= 0.3 is 0 Å². The number of methoxy groups -OCH3 is 1. The van der Waals surface area contributed by atoms with Crippen LogP contribution in [0.1, 0.15) is 69.2 Å². The first-order chi connectivity index (χ1) is 26.6. The molecule has 3 heterocycles. The van der Waals surface area contributed by atoms with E-state index in [9.17, 15) is 36.4 Å². The van der Waals surface area contributed by atoms with Gasteiger partial charge in [0, 0.05) is 36.8 Å². The van der Waals surface area contributed by atoms with Gasteiger partial charge in [-0.25, -0.2) is 26.9 Å². The average molecular weight is 794 g/mol. The molecule has 3 aromatic rings. The lowest BCUT2D eigenvalue weighted by Gasteiger charge is -2.33. The van der Waals surface area contributed by atoms with Gasteiger partial charge in [0.15, 0.2) is 0 Å². The minimum Gasteiger partial charge on any atom is -0.497 e. The lowest BCUT2D eigenvalue weighted by Crippen LogP contribution is -2.59. The summed E-state index contributed by atoms with van der Waals surface area (Å²) in [6.07, 6.45) is 5.61. The van der Waals surface area contributed by atoms with Crippen molar-refractivity contribution in [3.63, 3.8) is 0 Å². The van der Waals surface area contributed by atoms with Crippen molar-refractivity contribution in [1.29, 1.82) is 0 Å². The van der Waals surface area contributed by atoms with Gasteiger partial charge in [0.1, 0.15) is 35.3 Å². The number of carbonyl (C=O) groups excluding carboxylic acids is 4. The Labute approximate surface area is 323 Å². The van der Waals surface area contributed by atoms with Crippen molar-refractivity contribution in [2.75, 3.05) is 13.7 Å². The molecule has 0 bridgehead atoms. The van der Waals surface area contributed by atoms with E-state index in [2.05, 4.69) is 15.6 Å². The molecule has 56 heavy (non-hydrogen) atoms. The highest BCUT2D eigenvalue weighted by molar-refractivity contribution is 7.91. The number of aromatic nitrogens is 1. The highest BCUT2D eigenvalue weighted by atomic mass is 32.2. The Hall–Kier alpha value is -5.12. The number of fused-ring (bicyclic) bond motifs is 3. The number of carbonyl (C=O) groups is 4. The second kappa shape index (κ2) is 15.1. The topological polar surface area (TPSA) is 173 Å². The van der Waals surface area contributed by atoms with Gasteiger partial charge < -0.3 is 25.0 Å². The summed E-state index contributed by atoms with van der Waals surface area (Å²) in [5.41, 5.74) is -1.98. The van der Waals surface area contributed by atoms with Crippen molar-refractivity contribution >= 4 is 44.4 Å². The quantitative estimate of drug-likeness (QED) is 0.281. The molecule has 16 heteroatoms. The predicted molar refractivity (Wildman–Crippen MR) is 201 cm³/mol. The summed E-state index contributed by atoms with van der Waals surface area (Å²) in [7, 11) is -3.14. The van der Waals surface area contributed by atoms with E-state index in [1.165, 1.54) is 23.1 Å². The van der Waals surface area contributed by atoms with E-state index in [1.807, 2.05) is 30.7 Å². The molecule has 7 rings (SSSR count). The standard InChI is InChI=1S/C40H45F2N5O8S/c1-23-8-4-5-9-26-21-40(26,38(51)46-56(52,53)39(42)15-16-39)45-35(49)32-20-28(55-36-29-13-12-27(54-3)19-25(29)14-17-43-36)22-47(32)37(50)33(24(2)18-23)44-34(48)30-10-6-7-11-31(30)41/h5-7,9-14,17,19,23-24,26,28,32-33H,4,8,15-16,18,20-22H2,1-3H3,(H,44,48)(H,45,49)(H,46,51)/b9-5-/t23-,24-,26-,28-,32+,33+,40-/m1/s1. The van der Waals surface area contributed by atoms with Gasteiger partial charge in [0.25, 0.3) is 21.8 Å². The van der Waals surface area contributed by atoms with Crippen LogP contribution >= 0.6 is 0 Å². The van der Waals surface area contributed by atoms with Crippen LogP contribution < -0.4 is 24.8 Å². The Balaban J connectivity index is 1.24. The Morgan fingerprint density at radius 3 is 2.57 bits per heavy atom. The number of hydrogen-bond acceptors (Lipinski definition) is 9. The van der Waals surface area contributed by atoms with Crippen LogP contribution in [-0.4, -0.2) is 84.3 Å². The van der Waals surface area contributed by atoms with E-state index in [4.69, 9.17) is 9.47 Å². The van der Waals surface area contributed by atoms with Crippen molar-refractivity contribution in [3.8, 4) is 11.6 Å². The minimum atomic E-state index is -4.69. The third kappa shape index (κ3) is 7.67. The number of sulfonamides is 1. The van der Waals surface area contributed by atoms with Gasteiger partial charge in [-0.2, -0.15) is 0 Å². The van der Waals surface area contributed by atoms with Gasteiger partial charge in [0.2, 0.25) is 22.7 Å². The summed E-state index contributed by atoms with van der Waals surface area (Å²) in [5.74, 6) is -4.16. The van der Waals surface area contributed by atoms with Crippen molar-refractivity contribution in [2.45, 2.75) is 87.5 Å². The van der Waals surface area contributed by atoms with Crippen LogP contribution in [0.15, 0.2) is 66.9 Å². The average Bonchev–Trinajstić information content (AvgIpc) is 4.05. The summed E-state index contributed by atoms with van der Waals surface area (Å²) in [6.45, 7) is 3.70. The fourth-order valence-corrected chi connectivity index (χ4v) is 9.11. The van der Waals surface area contributed by atoms with Gasteiger partial charge in [-0.3, -0.25) is 19.2 Å². The number of ether oxygens (including phenoxy) is 2. The first-order valence-corrected chi connectivity index (χ1v) is 20.3. The minimum absolute atomic E-state index is 0.0494. The first-order valence-electron chi connectivity index (χ1n) is 18.8. The smallest absolute Gasteiger partial charge is 0.270 e. The molecule has 3 fully saturated rings. The molecule has 298 valence electrons. The Kier molecular flexibility index (Phi) is 10.5. The zero-order valence-corrected chi connectivity index (χ0v) is 32.1. The summed E-state index contributed by atoms with van der Waals surface area (Å²) in [4.78, 5) is 62.3. The van der Waals surface area contributed by atoms with Crippen molar-refractivity contribution < 1.29 is 45.9 Å². The second-order valence-electron chi connectivity index (χ2n) is 15.5. The summed E-state index contributed by atoms with van der Waals surface area (Å²) < 4.78 is 68.8. The van der Waals surface area contributed by atoms with Crippen LogP contribution in [0.25, 0.3) is 10.8 Å². The number of pyridine rings is 1. The molecule has 4 aliphatic rings. The molecule has 4 amide bonds. The third-order valence-corrected chi connectivity index (χ3v) is 13.2. The zero-order chi connectivity index (χ0) is 40.0. The van der Waals surface area contributed by atoms with E-state index in [0.717, 1.165) is 11.5 Å². The normalized spacial score (nSPS) is 29.4. The molecule has 13 nitrogen and oxygen atoms in total. The highest BCUT2D eigenvalue weighted by Crippen LogP contribution is 2.48. The van der Waals surface area contributed by atoms with Crippen LogP contribution in [0.2, 0.25) is 0 Å². The molecular formula is C40H45F2N5O8S. The maximum Gasteiger partial charge on any atom is 0.270 e. The number of hydrogen-bond donors (Lipinski definition) is 3. The van der Waals surface area contributed by atoms with Crippen LogP contribution in [-0.2, 0) is 24.4 Å². The van der Waals surface area contributed by atoms with E-state index in [-0.39, 0.29) is 49.6 Å². The zero-order valence-electron chi connectivity index (χ0n) is 31.3. The molecule has 3 N–H and O–H groups in total. The second-order valence-corrected chi connectivity index (χ2v) is 17.5. The van der Waals surface area contributed by atoms with Crippen LogP contribution in [0, 0.1) is 23.6 Å². The number of nitrogens with one attached hydrogen (secondary N) is 3. The van der Waals surface area contributed by atoms with E-state index < -0.39 is 80.0 Å². The highest BCUT2D eigenvalue weighted by Gasteiger charge is 2.64. The fourth-order valence-electron chi connectivity index (χ4n) is 7.86. The Morgan fingerprint density at radius 2 is 1.84 bits per heavy atom. The summed E-state index contributed by atoms with van der Waals surface area (Å²) in [6, 6.07) is 10.1. The number of halogens is 2. The largest absolute Gasteiger partial charge is 0.497 e. The van der Waals surface area contributed by atoms with Crippen molar-refractivity contribution in [1.82, 2.24) is 25.2 Å². The lowest BCUT2D eigenvalue weighted by atomic mass is 9.87. The fraction of sp³-hybridized carbons (Fsp3) is 0.475. The Morgan fingerprint density at radius 1 is 1.07 bits per heavy atom. The molecule has 0 radical (unpaired) electrons. The van der Waals surface area contributed by atoms with E-state index >= 15 is 0 Å². The monoisotopic (exact) mass is 793 g/mol. The molecule has 2 aliphatic heterocycles. The third-order valence-electron chi connectivity index (χ3n) is 11.4. The van der Waals surface area contributed by atoms with Gasteiger partial charge in [-0.1, -0.05) is 38.1 Å². The molecule has 1 saturated heterocycles. The Bertz CT molecular complexity index is 2200. The number of nitrogens with zero attached hydrogens (tertiary/aromatic N) is 2. The number of amides is 4. The molecule has 7 atom stereocenters. The molecule has 0 unspecified atom stereocenters. The van der Waals surface area contributed by atoms with Crippen LogP contribution in [0.4, 0.5) is 8.78 Å². The lowest BCUT2D eigenvalue weighted by molar-refractivity contribution is -0.142. The number of alkyl halides is 1. The van der Waals surface area contributed by atoms with Gasteiger partial charge in [0.05, 0.1) is 19.2 Å². The van der Waals surface area contributed by atoms with E-state index in [0.29, 0.717) is 30.4 Å². The van der Waals surface area contributed by atoms with Gasteiger partial charge in [-0.15, -0.1) is 0 Å². The van der Waals surface area contributed by atoms with Crippen LogP contribution in [0.5, 0.6) is 11.6 Å². The van der Waals surface area contributed by atoms with Gasteiger partial charge in [-0.05, 0) is 79.3 Å². The molecule has 0 spiro atoms. The summed E-state index contributed by atoms with van der Waals surface area (Å²) >= 11 is 0.